The number of hydrogen-bond donors (Lipinski definition) is 1. The Bertz CT molecular complexity index is 686. The van der Waals surface area contributed by atoms with Crippen molar-refractivity contribution in [3.8, 4) is 5.75 Å². The van der Waals surface area contributed by atoms with E-state index in [4.69, 9.17) is 14.9 Å². The summed E-state index contributed by atoms with van der Waals surface area (Å²) in [6.07, 6.45) is 3.43. The first-order chi connectivity index (χ1) is 9.36. The molecule has 0 aliphatic carbocycles. The van der Waals surface area contributed by atoms with Crippen molar-refractivity contribution in [3.63, 3.8) is 0 Å². The van der Waals surface area contributed by atoms with E-state index in [1.165, 1.54) is 0 Å². The maximum Gasteiger partial charge on any atom is 0.146 e. The summed E-state index contributed by atoms with van der Waals surface area (Å²) in [6, 6.07) is 11.6. The topological polar surface area (TPSA) is 61.3 Å². The molecule has 2 N–H and O–H groups in total. The Morgan fingerprint density at radius 3 is 3.00 bits per heavy atom. The molecule has 0 unspecified atom stereocenters. The summed E-state index contributed by atoms with van der Waals surface area (Å²) >= 11 is 0. The molecule has 3 aromatic rings. The summed E-state index contributed by atoms with van der Waals surface area (Å²) in [5, 5.41) is 0.996. The number of ether oxygens (including phenoxy) is 1. The minimum Gasteiger partial charge on any atom is -0.485 e. The Morgan fingerprint density at radius 2 is 2.16 bits per heavy atom. The maximum atomic E-state index is 5.79. The van der Waals surface area contributed by atoms with Gasteiger partial charge in [-0.2, -0.15) is 0 Å². The molecule has 0 bridgehead atoms. The van der Waals surface area contributed by atoms with E-state index in [9.17, 15) is 0 Å². The molecule has 96 valence electrons. The molecule has 1 aromatic carbocycles. The Kier molecular flexibility index (Phi) is 3.16. The number of furan rings is 1. The third-order valence-electron chi connectivity index (χ3n) is 2.92. The molecule has 2 heterocycles. The number of hydrogen-bond acceptors (Lipinski definition) is 4. The molecule has 3 rings (SSSR count). The number of nitrogens with two attached hydrogens (primary N) is 1. The molecule has 0 saturated carbocycles. The van der Waals surface area contributed by atoms with E-state index >= 15 is 0 Å². The number of pyridine rings is 1. The van der Waals surface area contributed by atoms with E-state index in [0.717, 1.165) is 28.0 Å². The number of fused-ring (bicyclic) bond motifs is 1. The first-order valence-corrected chi connectivity index (χ1v) is 6.10. The lowest BCUT2D eigenvalue weighted by Gasteiger charge is -2.07. The van der Waals surface area contributed by atoms with Gasteiger partial charge in [0.05, 0.1) is 11.8 Å². The van der Waals surface area contributed by atoms with Crippen molar-refractivity contribution >= 4 is 10.9 Å². The highest BCUT2D eigenvalue weighted by Crippen LogP contribution is 2.24. The Balaban J connectivity index is 1.81. The molecule has 0 atom stereocenters. The van der Waals surface area contributed by atoms with E-state index in [0.29, 0.717) is 13.2 Å². The quantitative estimate of drug-likeness (QED) is 0.777. The molecule has 4 nitrogen and oxygen atoms in total. The van der Waals surface area contributed by atoms with Gasteiger partial charge in [0.25, 0.3) is 0 Å². The van der Waals surface area contributed by atoms with Gasteiger partial charge in [0.15, 0.2) is 0 Å². The Morgan fingerprint density at radius 1 is 1.21 bits per heavy atom. The average molecular weight is 254 g/mol. The van der Waals surface area contributed by atoms with Crippen molar-refractivity contribution in [3.05, 3.63) is 60.2 Å². The van der Waals surface area contributed by atoms with Crippen LogP contribution in [0.4, 0.5) is 0 Å². The molecule has 0 fully saturated rings. The van der Waals surface area contributed by atoms with Gasteiger partial charge in [0.1, 0.15) is 18.1 Å². The number of benzene rings is 1. The second-order valence-electron chi connectivity index (χ2n) is 4.24. The van der Waals surface area contributed by atoms with Crippen LogP contribution in [0.3, 0.4) is 0 Å². The van der Waals surface area contributed by atoms with Crippen LogP contribution in [0.15, 0.2) is 53.3 Å². The van der Waals surface area contributed by atoms with Crippen LogP contribution >= 0.6 is 0 Å². The van der Waals surface area contributed by atoms with E-state index in [2.05, 4.69) is 4.98 Å². The molecule has 0 radical (unpaired) electrons. The lowest BCUT2D eigenvalue weighted by Crippen LogP contribution is -1.96. The van der Waals surface area contributed by atoms with Gasteiger partial charge in [0.2, 0.25) is 0 Å². The van der Waals surface area contributed by atoms with Gasteiger partial charge < -0.3 is 14.9 Å². The molecule has 0 saturated heterocycles. The second-order valence-corrected chi connectivity index (χ2v) is 4.24. The SMILES string of the molecule is NCc1coc(COc2cccc3ncccc23)c1. The van der Waals surface area contributed by atoms with Crippen LogP contribution < -0.4 is 10.5 Å². The van der Waals surface area contributed by atoms with Gasteiger partial charge in [-0.1, -0.05) is 6.07 Å². The van der Waals surface area contributed by atoms with Crippen LogP contribution in [0.1, 0.15) is 11.3 Å². The first-order valence-electron chi connectivity index (χ1n) is 6.10. The van der Waals surface area contributed by atoms with Gasteiger partial charge >= 0.3 is 0 Å². The minimum absolute atomic E-state index is 0.383. The summed E-state index contributed by atoms with van der Waals surface area (Å²) in [6.45, 7) is 0.857. The fraction of sp³-hybridized carbons (Fsp3) is 0.133. The highest BCUT2D eigenvalue weighted by molar-refractivity contribution is 5.84. The highest BCUT2D eigenvalue weighted by atomic mass is 16.5. The number of aromatic nitrogens is 1. The summed E-state index contributed by atoms with van der Waals surface area (Å²) in [7, 11) is 0. The van der Waals surface area contributed by atoms with Gasteiger partial charge in [-0.05, 0) is 30.3 Å². The lowest BCUT2D eigenvalue weighted by atomic mass is 10.2. The van der Waals surface area contributed by atoms with Crippen LogP contribution in [0.5, 0.6) is 5.75 Å². The largest absolute Gasteiger partial charge is 0.485 e. The molecule has 0 spiro atoms. The molecular weight excluding hydrogens is 240 g/mol. The molecule has 0 aliphatic heterocycles. The molecule has 2 aromatic heterocycles. The van der Waals surface area contributed by atoms with Crippen molar-refractivity contribution in [2.75, 3.05) is 0 Å². The second kappa shape index (κ2) is 5.12. The smallest absolute Gasteiger partial charge is 0.146 e. The van der Waals surface area contributed by atoms with Gasteiger partial charge in [-0.25, -0.2) is 0 Å². The van der Waals surface area contributed by atoms with Gasteiger partial charge in [0, 0.05) is 23.7 Å². The third-order valence-corrected chi connectivity index (χ3v) is 2.92. The Labute approximate surface area is 110 Å². The van der Waals surface area contributed by atoms with Crippen LogP contribution in [-0.2, 0) is 13.2 Å². The lowest BCUT2D eigenvalue weighted by molar-refractivity contribution is 0.273. The van der Waals surface area contributed by atoms with Crippen LogP contribution in [0, 0.1) is 0 Å². The zero-order valence-corrected chi connectivity index (χ0v) is 10.4. The normalized spacial score (nSPS) is 10.8. The summed E-state index contributed by atoms with van der Waals surface area (Å²) in [5.74, 6) is 1.57. The highest BCUT2D eigenvalue weighted by Gasteiger charge is 2.05. The molecule has 19 heavy (non-hydrogen) atoms. The third kappa shape index (κ3) is 2.44. The van der Waals surface area contributed by atoms with Crippen molar-refractivity contribution in [1.82, 2.24) is 4.98 Å². The van der Waals surface area contributed by atoms with Crippen molar-refractivity contribution in [1.29, 1.82) is 0 Å². The predicted octanol–water partition coefficient (Wildman–Crippen LogP) is 2.87. The minimum atomic E-state index is 0.383. The average Bonchev–Trinajstić information content (AvgIpc) is 2.93. The fourth-order valence-corrected chi connectivity index (χ4v) is 1.96. The van der Waals surface area contributed by atoms with E-state index in [-0.39, 0.29) is 0 Å². The fourth-order valence-electron chi connectivity index (χ4n) is 1.96. The summed E-state index contributed by atoms with van der Waals surface area (Å²) in [4.78, 5) is 4.29. The Hall–Kier alpha value is -2.33. The monoisotopic (exact) mass is 254 g/mol. The predicted molar refractivity (Wildman–Crippen MR) is 72.7 cm³/mol. The van der Waals surface area contributed by atoms with Crippen LogP contribution in [-0.4, -0.2) is 4.98 Å². The molecule has 0 amide bonds. The zero-order valence-electron chi connectivity index (χ0n) is 10.4. The molecule has 4 heteroatoms. The van der Waals surface area contributed by atoms with Gasteiger partial charge in [-0.3, -0.25) is 4.98 Å². The van der Waals surface area contributed by atoms with E-state index in [1.807, 2.05) is 36.4 Å². The number of nitrogens with zero attached hydrogens (tertiary/aromatic N) is 1. The zero-order chi connectivity index (χ0) is 13.1. The summed E-state index contributed by atoms with van der Waals surface area (Å²) in [5.41, 5.74) is 7.42. The number of rotatable bonds is 4. The summed E-state index contributed by atoms with van der Waals surface area (Å²) < 4.78 is 11.2. The van der Waals surface area contributed by atoms with E-state index in [1.54, 1.807) is 12.5 Å². The van der Waals surface area contributed by atoms with Crippen LogP contribution in [0.2, 0.25) is 0 Å². The van der Waals surface area contributed by atoms with Crippen molar-refractivity contribution in [2.24, 2.45) is 5.73 Å². The molecular formula is C15H14N2O2. The van der Waals surface area contributed by atoms with Gasteiger partial charge in [-0.15, -0.1) is 0 Å². The van der Waals surface area contributed by atoms with Crippen LogP contribution in [0.25, 0.3) is 10.9 Å². The first kappa shape index (κ1) is 11.7. The van der Waals surface area contributed by atoms with Crippen molar-refractivity contribution in [2.45, 2.75) is 13.2 Å². The maximum absolute atomic E-state index is 5.79. The van der Waals surface area contributed by atoms with E-state index < -0.39 is 0 Å². The van der Waals surface area contributed by atoms with Crippen molar-refractivity contribution < 1.29 is 9.15 Å². The standard InChI is InChI=1S/C15H14N2O2/c16-8-11-7-12(18-9-11)10-19-15-5-1-4-14-13(15)3-2-6-17-14/h1-7,9H,8,10,16H2. The molecule has 0 aliphatic rings.